The van der Waals surface area contributed by atoms with Crippen LogP contribution < -0.4 is 10.1 Å². The molecule has 0 amide bonds. The summed E-state index contributed by atoms with van der Waals surface area (Å²) >= 11 is 0. The Labute approximate surface area is 153 Å². The molecule has 0 saturated carbocycles. The van der Waals surface area contributed by atoms with Crippen LogP contribution in [0.2, 0.25) is 0 Å². The van der Waals surface area contributed by atoms with E-state index in [2.05, 4.69) is 24.1 Å². The van der Waals surface area contributed by atoms with Gasteiger partial charge < -0.3 is 10.1 Å². The molecule has 0 aliphatic heterocycles. The summed E-state index contributed by atoms with van der Waals surface area (Å²) in [5.74, 6) is 1.49. The second-order valence-corrected chi connectivity index (χ2v) is 6.85. The largest absolute Gasteiger partial charge is 0.493 e. The first kappa shape index (κ1) is 18.1. The molecule has 0 aliphatic rings. The number of nitrogens with one attached hydrogen (secondary N) is 1. The maximum Gasteiger partial charge on any atom is 0.126 e. The second kappa shape index (κ2) is 8.13. The van der Waals surface area contributed by atoms with Gasteiger partial charge in [-0.05, 0) is 50.2 Å². The molecule has 0 fully saturated rings. The van der Waals surface area contributed by atoms with Crippen molar-refractivity contribution in [2.24, 2.45) is 5.92 Å². The van der Waals surface area contributed by atoms with Crippen LogP contribution in [0.25, 0.3) is 22.2 Å². The van der Waals surface area contributed by atoms with Crippen molar-refractivity contribution in [3.8, 4) is 17.0 Å². The molecule has 2 heterocycles. The number of halogens is 1. The Morgan fingerprint density at radius 2 is 1.92 bits per heavy atom. The van der Waals surface area contributed by atoms with Crippen molar-refractivity contribution in [3.63, 3.8) is 0 Å². The molecule has 1 aromatic carbocycles. The third kappa shape index (κ3) is 4.48. The minimum atomic E-state index is -0.377. The molecule has 0 bridgehead atoms. The van der Waals surface area contributed by atoms with E-state index in [0.717, 1.165) is 33.7 Å². The molecule has 3 rings (SSSR count). The van der Waals surface area contributed by atoms with Crippen molar-refractivity contribution in [2.75, 3.05) is 18.6 Å². The molecule has 136 valence electrons. The van der Waals surface area contributed by atoms with Gasteiger partial charge in [0.25, 0.3) is 0 Å². The average molecular weight is 353 g/mol. The number of nitrogens with zero attached hydrogens (tertiary/aromatic N) is 2. The minimum Gasteiger partial charge on any atom is -0.493 e. The number of alkyl halides is 1. The molecule has 1 N–H and O–H groups in total. The van der Waals surface area contributed by atoms with Crippen molar-refractivity contribution < 1.29 is 9.13 Å². The van der Waals surface area contributed by atoms with Crippen molar-refractivity contribution in [2.45, 2.75) is 26.8 Å². The summed E-state index contributed by atoms with van der Waals surface area (Å²) in [5.41, 5.74) is 2.73. The van der Waals surface area contributed by atoms with Gasteiger partial charge in [-0.25, -0.2) is 9.97 Å². The van der Waals surface area contributed by atoms with E-state index in [9.17, 15) is 4.39 Å². The lowest BCUT2D eigenvalue weighted by atomic mass is 10.1. The first-order chi connectivity index (χ1) is 12.5. The lowest BCUT2D eigenvalue weighted by Crippen LogP contribution is -2.10. The zero-order valence-electron chi connectivity index (χ0n) is 15.4. The maximum absolute atomic E-state index is 12.5. The molecule has 2 aromatic heterocycles. The molecule has 4 nitrogen and oxygen atoms in total. The summed E-state index contributed by atoms with van der Waals surface area (Å²) in [6.45, 7) is 5.98. The van der Waals surface area contributed by atoms with Crippen LogP contribution in [-0.4, -0.2) is 29.3 Å². The fraction of sp³-hybridized carbons (Fsp3) is 0.333. The predicted octanol–water partition coefficient (Wildman–Crippen LogP) is 5.10. The fourth-order valence-electron chi connectivity index (χ4n) is 2.56. The van der Waals surface area contributed by atoms with Crippen LogP contribution in [0.15, 0.2) is 48.7 Å². The van der Waals surface area contributed by atoms with Crippen LogP contribution >= 0.6 is 0 Å². The van der Waals surface area contributed by atoms with Gasteiger partial charge in [-0.15, -0.1) is 0 Å². The van der Waals surface area contributed by atoms with Gasteiger partial charge in [-0.2, -0.15) is 0 Å². The van der Waals surface area contributed by atoms with E-state index in [1.807, 2.05) is 55.6 Å². The van der Waals surface area contributed by atoms with E-state index in [0.29, 0.717) is 12.6 Å². The number of fused-ring (bicyclic) bond motifs is 1. The normalized spacial score (nSPS) is 12.3. The Morgan fingerprint density at radius 1 is 1.08 bits per heavy atom. The number of benzene rings is 1. The lowest BCUT2D eigenvalue weighted by Gasteiger charge is -2.11. The number of anilines is 1. The molecule has 3 aromatic rings. The lowest BCUT2D eigenvalue weighted by molar-refractivity contribution is 0.229. The van der Waals surface area contributed by atoms with Crippen LogP contribution in [0, 0.1) is 5.92 Å². The maximum atomic E-state index is 12.5. The summed E-state index contributed by atoms with van der Waals surface area (Å²) < 4.78 is 18.2. The standard InChI is InChI=1S/C21H24FN3O/c1-14(2)24-21-9-5-17(12-23-21)20-7-4-16-10-18(6-8-19(16)25-20)26-13-15(3)11-22/h4-10,12,14-15H,11,13H2,1-3H3,(H,23,24). The van der Waals surface area contributed by atoms with E-state index in [4.69, 9.17) is 9.72 Å². The highest BCUT2D eigenvalue weighted by atomic mass is 19.1. The highest BCUT2D eigenvalue weighted by Gasteiger charge is 2.06. The van der Waals surface area contributed by atoms with Gasteiger partial charge in [0, 0.05) is 29.1 Å². The third-order valence-corrected chi connectivity index (χ3v) is 3.95. The van der Waals surface area contributed by atoms with Crippen LogP contribution in [0.3, 0.4) is 0 Å². The molecule has 0 saturated heterocycles. The van der Waals surface area contributed by atoms with Crippen LogP contribution in [0.1, 0.15) is 20.8 Å². The molecule has 0 radical (unpaired) electrons. The van der Waals surface area contributed by atoms with Gasteiger partial charge >= 0.3 is 0 Å². The van der Waals surface area contributed by atoms with Gasteiger partial charge in [-0.1, -0.05) is 13.0 Å². The van der Waals surface area contributed by atoms with E-state index in [1.165, 1.54) is 0 Å². The zero-order valence-corrected chi connectivity index (χ0v) is 15.4. The van der Waals surface area contributed by atoms with Crippen LogP contribution in [0.5, 0.6) is 5.75 Å². The first-order valence-corrected chi connectivity index (χ1v) is 8.87. The highest BCUT2D eigenvalue weighted by molar-refractivity contribution is 5.82. The Morgan fingerprint density at radius 3 is 2.62 bits per heavy atom. The second-order valence-electron chi connectivity index (χ2n) is 6.85. The Balaban J connectivity index is 1.78. The molecule has 1 atom stereocenters. The summed E-state index contributed by atoms with van der Waals surface area (Å²) in [5, 5.41) is 4.27. The van der Waals surface area contributed by atoms with E-state index in [-0.39, 0.29) is 12.6 Å². The zero-order chi connectivity index (χ0) is 18.5. The van der Waals surface area contributed by atoms with E-state index < -0.39 is 0 Å². The molecule has 0 spiro atoms. The number of pyridine rings is 2. The number of hydrogen-bond acceptors (Lipinski definition) is 4. The van der Waals surface area contributed by atoms with Crippen molar-refractivity contribution in [3.05, 3.63) is 48.7 Å². The third-order valence-electron chi connectivity index (χ3n) is 3.95. The van der Waals surface area contributed by atoms with Crippen LogP contribution in [-0.2, 0) is 0 Å². The molecule has 1 unspecified atom stereocenters. The fourth-order valence-corrected chi connectivity index (χ4v) is 2.56. The minimum absolute atomic E-state index is 0.105. The quantitative estimate of drug-likeness (QED) is 0.642. The van der Waals surface area contributed by atoms with Gasteiger partial charge in [-0.3, -0.25) is 4.39 Å². The summed E-state index contributed by atoms with van der Waals surface area (Å²) in [4.78, 5) is 9.15. The summed E-state index contributed by atoms with van der Waals surface area (Å²) in [6, 6.07) is 14.0. The smallest absolute Gasteiger partial charge is 0.126 e. The number of aromatic nitrogens is 2. The van der Waals surface area contributed by atoms with Gasteiger partial charge in [0.1, 0.15) is 11.6 Å². The highest BCUT2D eigenvalue weighted by Crippen LogP contribution is 2.24. The molecular formula is C21H24FN3O. The number of hydrogen-bond donors (Lipinski definition) is 1. The topological polar surface area (TPSA) is 47.0 Å². The molecule has 0 aliphatic carbocycles. The molecular weight excluding hydrogens is 329 g/mol. The number of ether oxygens (including phenoxy) is 1. The van der Waals surface area contributed by atoms with Crippen molar-refractivity contribution in [1.29, 1.82) is 0 Å². The number of rotatable bonds is 7. The molecule has 26 heavy (non-hydrogen) atoms. The Kier molecular flexibility index (Phi) is 5.66. The summed E-state index contributed by atoms with van der Waals surface area (Å²) in [7, 11) is 0. The van der Waals surface area contributed by atoms with E-state index in [1.54, 1.807) is 0 Å². The van der Waals surface area contributed by atoms with Gasteiger partial charge in [0.2, 0.25) is 0 Å². The SMILES string of the molecule is CC(CF)COc1ccc2nc(-c3ccc(NC(C)C)nc3)ccc2c1. The average Bonchev–Trinajstić information content (AvgIpc) is 2.65. The molecule has 5 heteroatoms. The Hall–Kier alpha value is -2.69. The van der Waals surface area contributed by atoms with Gasteiger partial charge in [0.05, 0.1) is 24.5 Å². The van der Waals surface area contributed by atoms with Gasteiger partial charge in [0.15, 0.2) is 0 Å². The van der Waals surface area contributed by atoms with E-state index >= 15 is 0 Å². The summed E-state index contributed by atoms with van der Waals surface area (Å²) in [6.07, 6.45) is 1.83. The monoisotopic (exact) mass is 353 g/mol. The van der Waals surface area contributed by atoms with Crippen molar-refractivity contribution in [1.82, 2.24) is 9.97 Å². The predicted molar refractivity (Wildman–Crippen MR) is 104 cm³/mol. The Bertz CT molecular complexity index is 865. The first-order valence-electron chi connectivity index (χ1n) is 8.87. The van der Waals surface area contributed by atoms with Crippen LogP contribution in [0.4, 0.5) is 10.2 Å². The van der Waals surface area contributed by atoms with Crippen molar-refractivity contribution >= 4 is 16.7 Å².